The summed E-state index contributed by atoms with van der Waals surface area (Å²) < 4.78 is 0. The van der Waals surface area contributed by atoms with E-state index in [1.54, 1.807) is 30.3 Å². The van der Waals surface area contributed by atoms with Crippen LogP contribution in [0.4, 0.5) is 11.4 Å². The number of rotatable bonds is 7. The van der Waals surface area contributed by atoms with Crippen LogP contribution in [0.1, 0.15) is 22.3 Å². The zero-order valence-corrected chi connectivity index (χ0v) is 18.2. The molecule has 0 aromatic heterocycles. The molecule has 32 heavy (non-hydrogen) atoms. The van der Waals surface area contributed by atoms with E-state index in [1.165, 1.54) is 0 Å². The molecule has 1 heterocycles. The molecule has 0 fully saturated rings. The molecule has 0 aliphatic carbocycles. The quantitative estimate of drug-likeness (QED) is 0.397. The predicted molar refractivity (Wildman–Crippen MR) is 128 cm³/mol. The lowest BCUT2D eigenvalue weighted by Gasteiger charge is -2.16. The molecule has 0 unspecified atom stereocenters. The Kier molecular flexibility index (Phi) is 6.25. The van der Waals surface area contributed by atoms with Crippen molar-refractivity contribution in [3.05, 3.63) is 94.0 Å². The van der Waals surface area contributed by atoms with E-state index in [4.69, 9.17) is 11.6 Å². The third kappa shape index (κ3) is 4.66. The number of benzene rings is 3. The predicted octanol–water partition coefficient (Wildman–Crippen LogP) is 4.62. The Labute approximate surface area is 190 Å². The summed E-state index contributed by atoms with van der Waals surface area (Å²) in [5.74, 6) is -1.16. The molecule has 3 aromatic carbocycles. The number of carbonyl (C=O) groups is 2. The summed E-state index contributed by atoms with van der Waals surface area (Å²) in [7, 11) is 1.88. The Morgan fingerprint density at radius 2 is 1.81 bits per heavy atom. The molecule has 0 atom stereocenters. The summed E-state index contributed by atoms with van der Waals surface area (Å²) in [5.41, 5.74) is 5.72. The summed E-state index contributed by atoms with van der Waals surface area (Å²) in [4.78, 5) is 24.3. The molecule has 0 bridgehead atoms. The van der Waals surface area contributed by atoms with Gasteiger partial charge in [0.1, 0.15) is 0 Å². The number of aliphatic carboxylic acids is 1. The average Bonchev–Trinajstić information content (AvgIpc) is 3.07. The van der Waals surface area contributed by atoms with E-state index in [-0.39, 0.29) is 12.3 Å². The second-order valence-corrected chi connectivity index (χ2v) is 7.96. The van der Waals surface area contributed by atoms with Crippen LogP contribution in [0, 0.1) is 0 Å². The van der Waals surface area contributed by atoms with Crippen molar-refractivity contribution < 1.29 is 14.7 Å². The van der Waals surface area contributed by atoms with Gasteiger partial charge in [-0.2, -0.15) is 0 Å². The first-order valence-corrected chi connectivity index (χ1v) is 10.5. The Balaban J connectivity index is 1.87. The van der Waals surface area contributed by atoms with Gasteiger partial charge >= 0.3 is 5.97 Å². The number of carboxylic acid groups (broad SMARTS) is 1. The molecule has 1 aliphatic heterocycles. The second kappa shape index (κ2) is 9.26. The van der Waals surface area contributed by atoms with Crippen molar-refractivity contribution in [3.8, 4) is 0 Å². The van der Waals surface area contributed by atoms with Gasteiger partial charge in [0, 0.05) is 22.8 Å². The number of fused-ring (bicyclic) bond motifs is 1. The molecule has 3 aromatic rings. The van der Waals surface area contributed by atoms with Crippen LogP contribution < -0.4 is 16.0 Å². The molecule has 0 saturated heterocycles. The number of amides is 1. The van der Waals surface area contributed by atoms with Crippen LogP contribution in [0.25, 0.3) is 11.3 Å². The topological polar surface area (TPSA) is 90.5 Å². The molecule has 4 rings (SSSR count). The van der Waals surface area contributed by atoms with Crippen LogP contribution in [0.3, 0.4) is 0 Å². The molecule has 1 amide bonds. The first kappa shape index (κ1) is 21.6. The van der Waals surface area contributed by atoms with E-state index < -0.39 is 5.97 Å². The van der Waals surface area contributed by atoms with Crippen LogP contribution in [0.2, 0.25) is 5.02 Å². The van der Waals surface area contributed by atoms with Gasteiger partial charge in [-0.15, -0.1) is 0 Å². The standard InChI is InChI=1S/C25H22ClN3O3/c1-27-14-16-5-3-7-19(11-16)28-24(17-6-2-4-15(10-17)12-22(30)31)23-20-9-8-18(26)13-21(20)29-25(23)32/h2-11,13,27-28H,12,14H2,1H3,(H,29,32)(H,30,31)/b24-23-. The van der Waals surface area contributed by atoms with Crippen molar-refractivity contribution in [1.82, 2.24) is 5.32 Å². The van der Waals surface area contributed by atoms with Crippen molar-refractivity contribution >= 4 is 46.1 Å². The minimum absolute atomic E-state index is 0.105. The van der Waals surface area contributed by atoms with Gasteiger partial charge < -0.3 is 21.1 Å². The fourth-order valence-corrected chi connectivity index (χ4v) is 3.96. The maximum Gasteiger partial charge on any atom is 0.307 e. The van der Waals surface area contributed by atoms with Gasteiger partial charge in [-0.3, -0.25) is 9.59 Å². The molecule has 4 N–H and O–H groups in total. The Morgan fingerprint density at radius 3 is 2.59 bits per heavy atom. The molecular weight excluding hydrogens is 426 g/mol. The molecule has 7 heteroatoms. The first-order chi connectivity index (χ1) is 15.4. The van der Waals surface area contributed by atoms with E-state index in [9.17, 15) is 14.7 Å². The molecule has 0 saturated carbocycles. The average molecular weight is 448 g/mol. The summed E-state index contributed by atoms with van der Waals surface area (Å²) in [6, 6.07) is 20.4. The van der Waals surface area contributed by atoms with E-state index in [1.807, 2.05) is 43.4 Å². The number of nitrogens with one attached hydrogen (secondary N) is 3. The van der Waals surface area contributed by atoms with Crippen molar-refractivity contribution in [2.45, 2.75) is 13.0 Å². The fourth-order valence-electron chi connectivity index (χ4n) is 3.79. The number of hydrogen-bond donors (Lipinski definition) is 4. The van der Waals surface area contributed by atoms with Gasteiger partial charge in [0.2, 0.25) is 0 Å². The SMILES string of the molecule is CNCc1cccc(N/C(=C2\C(=O)Nc3cc(Cl)ccc32)c2cccc(CC(=O)O)c2)c1. The highest BCUT2D eigenvalue weighted by molar-refractivity contribution is 6.38. The van der Waals surface area contributed by atoms with Gasteiger partial charge in [0.05, 0.1) is 23.4 Å². The molecule has 0 spiro atoms. The minimum atomic E-state index is -0.914. The minimum Gasteiger partial charge on any atom is -0.481 e. The Morgan fingerprint density at radius 1 is 1.03 bits per heavy atom. The van der Waals surface area contributed by atoms with Gasteiger partial charge in [-0.1, -0.05) is 48.0 Å². The summed E-state index contributed by atoms with van der Waals surface area (Å²) >= 11 is 6.12. The van der Waals surface area contributed by atoms with Crippen LogP contribution in [0.5, 0.6) is 0 Å². The number of carboxylic acids is 1. The van der Waals surface area contributed by atoms with Crippen molar-refractivity contribution in [3.63, 3.8) is 0 Å². The zero-order chi connectivity index (χ0) is 22.7. The van der Waals surface area contributed by atoms with Gasteiger partial charge in [0.25, 0.3) is 5.91 Å². The smallest absolute Gasteiger partial charge is 0.307 e. The van der Waals surface area contributed by atoms with Crippen molar-refractivity contribution in [2.75, 3.05) is 17.7 Å². The van der Waals surface area contributed by atoms with Gasteiger partial charge in [-0.05, 0) is 54.1 Å². The molecule has 0 radical (unpaired) electrons. The Hall–Kier alpha value is -3.61. The van der Waals surface area contributed by atoms with Crippen LogP contribution in [-0.2, 0) is 22.6 Å². The number of carbonyl (C=O) groups excluding carboxylic acids is 1. The largest absolute Gasteiger partial charge is 0.481 e. The third-order valence-electron chi connectivity index (χ3n) is 5.12. The maximum atomic E-state index is 13.0. The van der Waals surface area contributed by atoms with E-state index in [0.29, 0.717) is 34.1 Å². The van der Waals surface area contributed by atoms with Crippen molar-refractivity contribution in [2.24, 2.45) is 0 Å². The summed E-state index contributed by atoms with van der Waals surface area (Å²) in [6.45, 7) is 0.706. The molecule has 1 aliphatic rings. The number of anilines is 2. The molecule has 6 nitrogen and oxygen atoms in total. The van der Waals surface area contributed by atoms with Crippen molar-refractivity contribution in [1.29, 1.82) is 0 Å². The highest BCUT2D eigenvalue weighted by Crippen LogP contribution is 2.39. The lowest BCUT2D eigenvalue weighted by Crippen LogP contribution is -2.11. The molecule has 162 valence electrons. The number of hydrogen-bond acceptors (Lipinski definition) is 4. The highest BCUT2D eigenvalue weighted by Gasteiger charge is 2.28. The monoisotopic (exact) mass is 447 g/mol. The van der Waals surface area contributed by atoms with E-state index in [2.05, 4.69) is 16.0 Å². The number of halogens is 1. The van der Waals surface area contributed by atoms with Crippen LogP contribution >= 0.6 is 11.6 Å². The zero-order valence-electron chi connectivity index (χ0n) is 17.4. The molecular formula is C25H22ClN3O3. The lowest BCUT2D eigenvalue weighted by atomic mass is 9.98. The first-order valence-electron chi connectivity index (χ1n) is 10.1. The van der Waals surface area contributed by atoms with Gasteiger partial charge in [0.15, 0.2) is 0 Å². The Bertz CT molecular complexity index is 1240. The van der Waals surface area contributed by atoms with E-state index in [0.717, 1.165) is 22.4 Å². The van der Waals surface area contributed by atoms with Gasteiger partial charge in [-0.25, -0.2) is 0 Å². The third-order valence-corrected chi connectivity index (χ3v) is 5.36. The summed E-state index contributed by atoms with van der Waals surface area (Å²) in [5, 5.41) is 19.2. The summed E-state index contributed by atoms with van der Waals surface area (Å²) in [6.07, 6.45) is -0.105. The lowest BCUT2D eigenvalue weighted by molar-refractivity contribution is -0.136. The fraction of sp³-hybridized carbons (Fsp3) is 0.120. The van der Waals surface area contributed by atoms with Crippen LogP contribution in [-0.4, -0.2) is 24.0 Å². The van der Waals surface area contributed by atoms with E-state index >= 15 is 0 Å². The van der Waals surface area contributed by atoms with Crippen LogP contribution in [0.15, 0.2) is 66.7 Å². The second-order valence-electron chi connectivity index (χ2n) is 7.52. The normalized spacial score (nSPS) is 14.0. The highest BCUT2D eigenvalue weighted by atomic mass is 35.5. The maximum absolute atomic E-state index is 13.0.